The van der Waals surface area contributed by atoms with Crippen molar-refractivity contribution in [3.8, 4) is 11.5 Å². The Kier molecular flexibility index (Phi) is 7.22. The zero-order chi connectivity index (χ0) is 16.5. The summed E-state index contributed by atoms with van der Waals surface area (Å²) in [6.45, 7) is 4.51. The molecule has 0 bridgehead atoms. The summed E-state index contributed by atoms with van der Waals surface area (Å²) in [6.07, 6.45) is 1.96. The number of carbonyl (C=O) groups excluding carboxylic acids is 1. The molecular formula is C16H23NO5. The minimum atomic E-state index is -1.07. The second kappa shape index (κ2) is 8.92. The standard InChI is InChI=1S/C16H23NO5/c1-4-6-9-17(3)16(20)12-7-8-13(22-11-15(18)19)14(10-12)21-5-2/h7-8,10H,4-6,9,11H2,1-3H3,(H,18,19). The van der Waals surface area contributed by atoms with E-state index in [0.29, 0.717) is 30.2 Å². The number of rotatable bonds is 9. The average molecular weight is 309 g/mol. The summed E-state index contributed by atoms with van der Waals surface area (Å²) in [5.74, 6) is -0.475. The Morgan fingerprint density at radius 2 is 1.91 bits per heavy atom. The lowest BCUT2D eigenvalue weighted by atomic mass is 10.1. The van der Waals surface area contributed by atoms with Gasteiger partial charge in [-0.25, -0.2) is 4.79 Å². The van der Waals surface area contributed by atoms with Crippen LogP contribution in [-0.4, -0.2) is 48.7 Å². The fourth-order valence-corrected chi connectivity index (χ4v) is 1.89. The summed E-state index contributed by atoms with van der Waals surface area (Å²) < 4.78 is 10.6. The van der Waals surface area contributed by atoms with Crippen molar-refractivity contribution in [2.24, 2.45) is 0 Å². The Morgan fingerprint density at radius 3 is 2.50 bits per heavy atom. The van der Waals surface area contributed by atoms with E-state index in [1.807, 2.05) is 6.92 Å². The molecule has 0 aliphatic rings. The minimum absolute atomic E-state index is 0.0980. The summed E-state index contributed by atoms with van der Waals surface area (Å²) in [5.41, 5.74) is 0.490. The number of amides is 1. The van der Waals surface area contributed by atoms with Gasteiger partial charge in [0.2, 0.25) is 0 Å². The number of hydrogen-bond acceptors (Lipinski definition) is 4. The smallest absolute Gasteiger partial charge is 0.341 e. The van der Waals surface area contributed by atoms with Crippen molar-refractivity contribution >= 4 is 11.9 Å². The molecule has 0 aliphatic carbocycles. The molecule has 122 valence electrons. The number of nitrogens with zero attached hydrogens (tertiary/aromatic N) is 1. The monoisotopic (exact) mass is 309 g/mol. The number of aliphatic carboxylic acids is 1. The van der Waals surface area contributed by atoms with Crippen molar-refractivity contribution in [2.75, 3.05) is 26.8 Å². The lowest BCUT2D eigenvalue weighted by Gasteiger charge is -2.18. The molecule has 0 saturated heterocycles. The second-order valence-electron chi connectivity index (χ2n) is 4.86. The van der Waals surface area contributed by atoms with E-state index in [9.17, 15) is 9.59 Å². The minimum Gasteiger partial charge on any atom is -0.490 e. The topological polar surface area (TPSA) is 76.1 Å². The molecule has 1 amide bonds. The van der Waals surface area contributed by atoms with Crippen molar-refractivity contribution in [1.82, 2.24) is 4.90 Å². The molecule has 1 aromatic rings. The summed E-state index contributed by atoms with van der Waals surface area (Å²) in [7, 11) is 1.76. The van der Waals surface area contributed by atoms with Crippen LogP contribution in [0.1, 0.15) is 37.0 Å². The first kappa shape index (κ1) is 17.8. The maximum Gasteiger partial charge on any atom is 0.341 e. The Labute approximate surface area is 130 Å². The van der Waals surface area contributed by atoms with Crippen molar-refractivity contribution < 1.29 is 24.2 Å². The molecule has 0 saturated carbocycles. The fraction of sp³-hybridized carbons (Fsp3) is 0.500. The maximum absolute atomic E-state index is 12.3. The van der Waals surface area contributed by atoms with Crippen molar-refractivity contribution in [1.29, 1.82) is 0 Å². The molecule has 0 radical (unpaired) electrons. The third kappa shape index (κ3) is 5.27. The number of hydrogen-bond donors (Lipinski definition) is 1. The maximum atomic E-state index is 12.3. The molecule has 1 N–H and O–H groups in total. The number of unbranched alkanes of at least 4 members (excludes halogenated alkanes) is 1. The number of carboxylic acids is 1. The van der Waals surface area contributed by atoms with Gasteiger partial charge in [0.05, 0.1) is 6.61 Å². The SMILES string of the molecule is CCCCN(C)C(=O)c1ccc(OCC(=O)O)c(OCC)c1. The molecule has 0 atom stereocenters. The van der Waals surface area contributed by atoms with E-state index in [0.717, 1.165) is 12.8 Å². The van der Waals surface area contributed by atoms with Gasteiger partial charge in [0, 0.05) is 19.2 Å². The molecule has 22 heavy (non-hydrogen) atoms. The third-order valence-electron chi connectivity index (χ3n) is 3.04. The van der Waals surface area contributed by atoms with Gasteiger partial charge in [-0.3, -0.25) is 4.79 Å². The summed E-state index contributed by atoms with van der Waals surface area (Å²) in [4.78, 5) is 24.6. The van der Waals surface area contributed by atoms with Crippen molar-refractivity contribution in [2.45, 2.75) is 26.7 Å². The first-order chi connectivity index (χ1) is 10.5. The highest BCUT2D eigenvalue weighted by atomic mass is 16.5. The Bertz CT molecular complexity index is 515. The van der Waals surface area contributed by atoms with E-state index < -0.39 is 12.6 Å². The van der Waals surface area contributed by atoms with Crippen LogP contribution in [0.5, 0.6) is 11.5 Å². The van der Waals surface area contributed by atoms with Gasteiger partial charge in [0.15, 0.2) is 18.1 Å². The molecule has 0 unspecified atom stereocenters. The van der Waals surface area contributed by atoms with Crippen LogP contribution < -0.4 is 9.47 Å². The summed E-state index contributed by atoms with van der Waals surface area (Å²) in [6, 6.07) is 4.77. The molecule has 6 heteroatoms. The van der Waals surface area contributed by atoms with Crippen LogP contribution in [0, 0.1) is 0 Å². The van der Waals surface area contributed by atoms with Gasteiger partial charge in [0.1, 0.15) is 0 Å². The van der Waals surface area contributed by atoms with Crippen LogP contribution in [0.25, 0.3) is 0 Å². The first-order valence-corrected chi connectivity index (χ1v) is 7.36. The molecular weight excluding hydrogens is 286 g/mol. The Balaban J connectivity index is 2.90. The van der Waals surface area contributed by atoms with Gasteiger partial charge in [-0.2, -0.15) is 0 Å². The van der Waals surface area contributed by atoms with Crippen molar-refractivity contribution in [3.05, 3.63) is 23.8 Å². The van der Waals surface area contributed by atoms with E-state index in [1.165, 1.54) is 0 Å². The lowest BCUT2D eigenvalue weighted by Crippen LogP contribution is -2.27. The fourth-order valence-electron chi connectivity index (χ4n) is 1.89. The van der Waals surface area contributed by atoms with Crippen LogP contribution in [-0.2, 0) is 4.79 Å². The van der Waals surface area contributed by atoms with Gasteiger partial charge in [0.25, 0.3) is 5.91 Å². The third-order valence-corrected chi connectivity index (χ3v) is 3.04. The summed E-state index contributed by atoms with van der Waals surface area (Å²) in [5, 5.41) is 8.67. The lowest BCUT2D eigenvalue weighted by molar-refractivity contribution is -0.139. The van der Waals surface area contributed by atoms with Gasteiger partial charge < -0.3 is 19.5 Å². The molecule has 1 rings (SSSR count). The van der Waals surface area contributed by atoms with Gasteiger partial charge >= 0.3 is 5.97 Å². The number of ether oxygens (including phenoxy) is 2. The van der Waals surface area contributed by atoms with E-state index in [-0.39, 0.29) is 5.91 Å². The zero-order valence-electron chi connectivity index (χ0n) is 13.3. The van der Waals surface area contributed by atoms with E-state index in [4.69, 9.17) is 14.6 Å². The van der Waals surface area contributed by atoms with Crippen LogP contribution in [0.2, 0.25) is 0 Å². The van der Waals surface area contributed by atoms with Gasteiger partial charge in [-0.15, -0.1) is 0 Å². The summed E-state index contributed by atoms with van der Waals surface area (Å²) >= 11 is 0. The van der Waals surface area contributed by atoms with Gasteiger partial charge in [-0.05, 0) is 31.5 Å². The highest BCUT2D eigenvalue weighted by molar-refractivity contribution is 5.94. The molecule has 6 nitrogen and oxygen atoms in total. The molecule has 0 heterocycles. The average Bonchev–Trinajstić information content (AvgIpc) is 2.50. The number of carbonyl (C=O) groups is 2. The second-order valence-corrected chi connectivity index (χ2v) is 4.86. The number of benzene rings is 1. The van der Waals surface area contributed by atoms with E-state index in [1.54, 1.807) is 30.1 Å². The Hall–Kier alpha value is -2.24. The molecule has 0 fully saturated rings. The van der Waals surface area contributed by atoms with Crippen LogP contribution in [0.4, 0.5) is 0 Å². The Morgan fingerprint density at radius 1 is 1.18 bits per heavy atom. The van der Waals surface area contributed by atoms with E-state index >= 15 is 0 Å². The quantitative estimate of drug-likeness (QED) is 0.758. The predicted molar refractivity (Wildman–Crippen MR) is 82.6 cm³/mol. The predicted octanol–water partition coefficient (Wildman–Crippen LogP) is 2.42. The first-order valence-electron chi connectivity index (χ1n) is 7.36. The normalized spacial score (nSPS) is 10.1. The highest BCUT2D eigenvalue weighted by Crippen LogP contribution is 2.29. The van der Waals surface area contributed by atoms with Crippen LogP contribution in [0.3, 0.4) is 0 Å². The molecule has 1 aromatic carbocycles. The zero-order valence-corrected chi connectivity index (χ0v) is 13.3. The van der Waals surface area contributed by atoms with Crippen LogP contribution in [0.15, 0.2) is 18.2 Å². The van der Waals surface area contributed by atoms with Crippen molar-refractivity contribution in [3.63, 3.8) is 0 Å². The largest absolute Gasteiger partial charge is 0.490 e. The van der Waals surface area contributed by atoms with E-state index in [2.05, 4.69) is 6.92 Å². The van der Waals surface area contributed by atoms with Crippen LogP contribution >= 0.6 is 0 Å². The highest BCUT2D eigenvalue weighted by Gasteiger charge is 2.15. The van der Waals surface area contributed by atoms with Gasteiger partial charge in [-0.1, -0.05) is 13.3 Å². The molecule has 0 spiro atoms. The molecule has 0 aliphatic heterocycles. The molecule has 0 aromatic heterocycles. The number of carboxylic acid groups (broad SMARTS) is 1.